The number of hydrogen-bond acceptors (Lipinski definition) is 2. The van der Waals surface area contributed by atoms with Gasteiger partial charge in [0, 0.05) is 7.05 Å². The van der Waals surface area contributed by atoms with Gasteiger partial charge < -0.3 is 10.0 Å². The van der Waals surface area contributed by atoms with E-state index in [1.807, 2.05) is 37.3 Å². The second-order valence-electron chi connectivity index (χ2n) is 4.85. The summed E-state index contributed by atoms with van der Waals surface area (Å²) in [5.41, 5.74) is 1.42. The Morgan fingerprint density at radius 2 is 1.57 bits per heavy atom. The van der Waals surface area contributed by atoms with E-state index in [4.69, 9.17) is 0 Å². The van der Waals surface area contributed by atoms with Crippen LogP contribution in [-0.4, -0.2) is 24.0 Å². The van der Waals surface area contributed by atoms with Crippen LogP contribution in [0.4, 0.5) is 5.69 Å². The van der Waals surface area contributed by atoms with Gasteiger partial charge in [-0.25, -0.2) is 4.79 Å². The van der Waals surface area contributed by atoms with Crippen LogP contribution in [0.25, 0.3) is 0 Å². The van der Waals surface area contributed by atoms with E-state index < -0.39 is 5.97 Å². The molecule has 0 aliphatic carbocycles. The summed E-state index contributed by atoms with van der Waals surface area (Å²) in [6.07, 6.45) is 0. The molecule has 2 rings (SSSR count). The molecule has 1 unspecified atom stereocenters. The SMILES string of the molecule is CC(C(=O)N(C)c1ccccc1C(=O)O)c1ccccc1. The summed E-state index contributed by atoms with van der Waals surface area (Å²) in [6, 6.07) is 15.9. The third-order valence-electron chi connectivity index (χ3n) is 3.50. The number of carboxylic acid groups (broad SMARTS) is 1. The van der Waals surface area contributed by atoms with Crippen LogP contribution in [0.1, 0.15) is 28.8 Å². The third kappa shape index (κ3) is 3.11. The van der Waals surface area contributed by atoms with Crippen molar-refractivity contribution in [2.75, 3.05) is 11.9 Å². The molecule has 0 fully saturated rings. The Bertz CT molecular complexity index is 652. The molecule has 4 nitrogen and oxygen atoms in total. The van der Waals surface area contributed by atoms with Crippen molar-refractivity contribution in [2.45, 2.75) is 12.8 Å². The molecule has 0 aliphatic heterocycles. The van der Waals surface area contributed by atoms with Gasteiger partial charge >= 0.3 is 5.97 Å². The number of benzene rings is 2. The Labute approximate surface area is 123 Å². The fraction of sp³-hybridized carbons (Fsp3) is 0.176. The largest absolute Gasteiger partial charge is 0.478 e. The molecule has 0 aliphatic rings. The number of carboxylic acids is 1. The van der Waals surface area contributed by atoms with Gasteiger partial charge in [0.15, 0.2) is 0 Å². The van der Waals surface area contributed by atoms with Crippen molar-refractivity contribution in [1.82, 2.24) is 0 Å². The van der Waals surface area contributed by atoms with E-state index in [-0.39, 0.29) is 17.4 Å². The van der Waals surface area contributed by atoms with Crippen molar-refractivity contribution < 1.29 is 14.7 Å². The first-order valence-electron chi connectivity index (χ1n) is 6.67. The molecule has 4 heteroatoms. The van der Waals surface area contributed by atoms with E-state index >= 15 is 0 Å². The lowest BCUT2D eigenvalue weighted by Gasteiger charge is -2.23. The summed E-state index contributed by atoms with van der Waals surface area (Å²) in [7, 11) is 1.60. The van der Waals surface area contributed by atoms with E-state index in [1.54, 1.807) is 25.2 Å². The number of carbonyl (C=O) groups excluding carboxylic acids is 1. The minimum absolute atomic E-state index is 0.119. The second kappa shape index (κ2) is 6.22. The van der Waals surface area contributed by atoms with Crippen molar-refractivity contribution >= 4 is 17.6 Å². The van der Waals surface area contributed by atoms with E-state index in [2.05, 4.69) is 0 Å². The molecule has 0 heterocycles. The Balaban J connectivity index is 2.30. The predicted molar refractivity (Wildman–Crippen MR) is 81.7 cm³/mol. The number of likely N-dealkylation sites (N-methyl/N-ethyl adjacent to an activating group) is 1. The number of anilines is 1. The molecule has 21 heavy (non-hydrogen) atoms. The number of amides is 1. The van der Waals surface area contributed by atoms with Crippen LogP contribution in [0.3, 0.4) is 0 Å². The maximum atomic E-state index is 12.6. The van der Waals surface area contributed by atoms with Crippen LogP contribution in [-0.2, 0) is 4.79 Å². The highest BCUT2D eigenvalue weighted by molar-refractivity contribution is 6.03. The summed E-state index contributed by atoms with van der Waals surface area (Å²) in [5.74, 6) is -1.52. The smallest absolute Gasteiger partial charge is 0.337 e. The molecular weight excluding hydrogens is 266 g/mol. The average Bonchev–Trinajstić information content (AvgIpc) is 2.53. The van der Waals surface area contributed by atoms with E-state index in [0.29, 0.717) is 5.69 Å². The number of nitrogens with zero attached hydrogens (tertiary/aromatic N) is 1. The van der Waals surface area contributed by atoms with Crippen molar-refractivity contribution in [1.29, 1.82) is 0 Å². The Kier molecular flexibility index (Phi) is 4.38. The number of para-hydroxylation sites is 1. The Morgan fingerprint density at radius 1 is 1.00 bits per heavy atom. The topological polar surface area (TPSA) is 57.6 Å². The summed E-state index contributed by atoms with van der Waals surface area (Å²) in [5, 5.41) is 9.21. The highest BCUT2D eigenvalue weighted by Gasteiger charge is 2.23. The highest BCUT2D eigenvalue weighted by Crippen LogP contribution is 2.24. The molecule has 1 atom stereocenters. The van der Waals surface area contributed by atoms with Crippen LogP contribution >= 0.6 is 0 Å². The van der Waals surface area contributed by atoms with Gasteiger partial charge in [0.1, 0.15) is 0 Å². The quantitative estimate of drug-likeness (QED) is 0.937. The fourth-order valence-electron chi connectivity index (χ4n) is 2.24. The molecule has 0 spiro atoms. The van der Waals surface area contributed by atoms with Crippen molar-refractivity contribution in [2.24, 2.45) is 0 Å². The van der Waals surface area contributed by atoms with Crippen molar-refractivity contribution in [3.8, 4) is 0 Å². The Morgan fingerprint density at radius 3 is 2.19 bits per heavy atom. The fourth-order valence-corrected chi connectivity index (χ4v) is 2.24. The van der Waals surface area contributed by atoms with Crippen LogP contribution in [0.5, 0.6) is 0 Å². The first-order valence-corrected chi connectivity index (χ1v) is 6.67. The zero-order valence-electron chi connectivity index (χ0n) is 12.0. The number of carbonyl (C=O) groups is 2. The van der Waals surface area contributed by atoms with E-state index in [9.17, 15) is 14.7 Å². The normalized spacial score (nSPS) is 11.7. The van der Waals surface area contributed by atoms with Crippen LogP contribution in [0, 0.1) is 0 Å². The van der Waals surface area contributed by atoms with Crippen LogP contribution in [0.15, 0.2) is 54.6 Å². The van der Waals surface area contributed by atoms with Gasteiger partial charge in [0.25, 0.3) is 0 Å². The first kappa shape index (κ1) is 14.8. The zero-order valence-corrected chi connectivity index (χ0v) is 12.0. The van der Waals surface area contributed by atoms with Gasteiger partial charge in [-0.2, -0.15) is 0 Å². The first-order chi connectivity index (χ1) is 10.0. The summed E-state index contributed by atoms with van der Waals surface area (Å²) in [4.78, 5) is 25.2. The van der Waals surface area contributed by atoms with E-state index in [0.717, 1.165) is 5.56 Å². The van der Waals surface area contributed by atoms with Crippen LogP contribution in [0.2, 0.25) is 0 Å². The van der Waals surface area contributed by atoms with Gasteiger partial charge in [-0.3, -0.25) is 4.79 Å². The zero-order chi connectivity index (χ0) is 15.4. The lowest BCUT2D eigenvalue weighted by molar-refractivity contribution is -0.119. The molecular formula is C17H17NO3. The minimum Gasteiger partial charge on any atom is -0.478 e. The maximum absolute atomic E-state index is 12.6. The number of aromatic carboxylic acids is 1. The molecule has 2 aromatic rings. The highest BCUT2D eigenvalue weighted by atomic mass is 16.4. The minimum atomic E-state index is -1.04. The Hall–Kier alpha value is -2.62. The second-order valence-corrected chi connectivity index (χ2v) is 4.85. The van der Waals surface area contributed by atoms with Gasteiger partial charge in [0.2, 0.25) is 5.91 Å². The summed E-state index contributed by atoms with van der Waals surface area (Å²) in [6.45, 7) is 1.82. The maximum Gasteiger partial charge on any atom is 0.337 e. The molecule has 0 aromatic heterocycles. The lowest BCUT2D eigenvalue weighted by Crippen LogP contribution is -2.31. The van der Waals surface area contributed by atoms with Crippen LogP contribution < -0.4 is 4.90 Å². The molecule has 0 saturated heterocycles. The average molecular weight is 283 g/mol. The summed E-state index contributed by atoms with van der Waals surface area (Å²) < 4.78 is 0. The third-order valence-corrected chi connectivity index (χ3v) is 3.50. The molecule has 0 bridgehead atoms. The number of hydrogen-bond donors (Lipinski definition) is 1. The van der Waals surface area contributed by atoms with Gasteiger partial charge in [-0.15, -0.1) is 0 Å². The van der Waals surface area contributed by atoms with Crippen molar-refractivity contribution in [3.63, 3.8) is 0 Å². The molecule has 0 radical (unpaired) electrons. The molecule has 108 valence electrons. The van der Waals surface area contributed by atoms with Gasteiger partial charge in [0.05, 0.1) is 17.2 Å². The molecule has 0 saturated carbocycles. The lowest BCUT2D eigenvalue weighted by atomic mass is 9.99. The van der Waals surface area contributed by atoms with E-state index in [1.165, 1.54) is 11.0 Å². The predicted octanol–water partition coefficient (Wildman–Crippen LogP) is 3.15. The number of rotatable bonds is 4. The van der Waals surface area contributed by atoms with Gasteiger partial charge in [-0.05, 0) is 24.6 Å². The van der Waals surface area contributed by atoms with Gasteiger partial charge in [-0.1, -0.05) is 42.5 Å². The van der Waals surface area contributed by atoms with Crippen molar-refractivity contribution in [3.05, 3.63) is 65.7 Å². The molecule has 1 amide bonds. The monoisotopic (exact) mass is 283 g/mol. The molecule has 2 aromatic carbocycles. The standard InChI is InChI=1S/C17H17NO3/c1-12(13-8-4-3-5-9-13)16(19)18(2)15-11-7-6-10-14(15)17(20)21/h3-12H,1-2H3,(H,20,21). The molecule has 1 N–H and O–H groups in total. The summed E-state index contributed by atoms with van der Waals surface area (Å²) >= 11 is 0.